The Morgan fingerprint density at radius 2 is 1.69 bits per heavy atom. The van der Waals surface area contributed by atoms with E-state index in [-0.39, 0.29) is 0 Å². The van der Waals surface area contributed by atoms with Crippen molar-refractivity contribution in [3.8, 4) is 0 Å². The number of pyridine rings is 1. The number of fused-ring (bicyclic) bond motifs is 4. The van der Waals surface area contributed by atoms with Gasteiger partial charge >= 0.3 is 0 Å². The normalized spacial score (nSPS) is 12.3. The molecule has 0 unspecified atom stereocenters. The van der Waals surface area contributed by atoms with E-state index in [0.717, 1.165) is 45.0 Å². The number of nitrogens with two attached hydrogens (primary N) is 1. The summed E-state index contributed by atoms with van der Waals surface area (Å²) < 4.78 is 36.9. The van der Waals surface area contributed by atoms with Crippen molar-refractivity contribution in [3.63, 3.8) is 0 Å². The van der Waals surface area contributed by atoms with Crippen LogP contribution < -0.4 is 10.5 Å². The summed E-state index contributed by atoms with van der Waals surface area (Å²) in [5.41, 5.74) is 9.90. The van der Waals surface area contributed by atoms with Gasteiger partial charge in [0, 0.05) is 37.4 Å². The number of benzene rings is 3. The van der Waals surface area contributed by atoms with Gasteiger partial charge in [-0.05, 0) is 41.8 Å². The molecule has 204 valence electrons. The van der Waals surface area contributed by atoms with Crippen LogP contribution in [-0.4, -0.2) is 43.2 Å². The van der Waals surface area contributed by atoms with E-state index in [9.17, 15) is 8.42 Å². The number of sulfonamides is 1. The summed E-state index contributed by atoms with van der Waals surface area (Å²) in [4.78, 5) is 9.66. The Morgan fingerprint density at radius 1 is 0.949 bits per heavy atom. The van der Waals surface area contributed by atoms with E-state index >= 15 is 0 Å². The van der Waals surface area contributed by atoms with Gasteiger partial charge in [-0.15, -0.1) is 0 Å². The Labute approximate surface area is 229 Å². The number of aromatic nitrogens is 3. The summed E-state index contributed by atoms with van der Waals surface area (Å²) in [6, 6.07) is 19.3. The highest BCUT2D eigenvalue weighted by Gasteiger charge is 2.19. The second-order valence-corrected chi connectivity index (χ2v) is 11.8. The van der Waals surface area contributed by atoms with Gasteiger partial charge < -0.3 is 15.0 Å². The van der Waals surface area contributed by atoms with E-state index in [1.54, 1.807) is 13.2 Å². The van der Waals surface area contributed by atoms with Gasteiger partial charge in [-0.1, -0.05) is 62.4 Å². The maximum absolute atomic E-state index is 13.3. The van der Waals surface area contributed by atoms with Crippen LogP contribution in [0.3, 0.4) is 0 Å². The van der Waals surface area contributed by atoms with Gasteiger partial charge in [-0.2, -0.15) is 0 Å². The molecule has 8 nitrogen and oxygen atoms in total. The summed E-state index contributed by atoms with van der Waals surface area (Å²) in [6.45, 7) is 5.79. The molecular weight excluding hydrogens is 510 g/mol. The summed E-state index contributed by atoms with van der Waals surface area (Å²) in [6.07, 6.45) is 2.08. The topological polar surface area (TPSA) is 112 Å². The number of nitrogen functional groups attached to an aromatic ring is 1. The molecule has 39 heavy (non-hydrogen) atoms. The zero-order chi connectivity index (χ0) is 27.6. The number of hydrogen-bond acceptors (Lipinski definition) is 6. The molecule has 0 aliphatic rings. The lowest BCUT2D eigenvalue weighted by atomic mass is 9.96. The van der Waals surface area contributed by atoms with Crippen molar-refractivity contribution in [1.29, 1.82) is 0 Å². The third kappa shape index (κ3) is 5.34. The van der Waals surface area contributed by atoms with Crippen molar-refractivity contribution < 1.29 is 13.2 Å². The van der Waals surface area contributed by atoms with Gasteiger partial charge in [0.15, 0.2) is 5.82 Å². The maximum Gasteiger partial charge on any atom is 0.241 e. The zero-order valence-corrected chi connectivity index (χ0v) is 23.5. The zero-order valence-electron chi connectivity index (χ0n) is 22.6. The van der Waals surface area contributed by atoms with Crippen LogP contribution in [0.4, 0.5) is 5.82 Å². The average Bonchev–Trinajstić information content (AvgIpc) is 3.30. The fraction of sp³-hybridized carbons (Fsp3) is 0.333. The number of anilines is 1. The molecule has 5 rings (SSSR count). The molecule has 0 aliphatic heterocycles. The number of nitrogens with zero attached hydrogens (tertiary/aromatic N) is 3. The first kappa shape index (κ1) is 27.1. The third-order valence-corrected chi connectivity index (χ3v) is 8.67. The molecular formula is C30H35N5O3S. The molecule has 3 aromatic carbocycles. The minimum atomic E-state index is -3.66. The van der Waals surface area contributed by atoms with Gasteiger partial charge in [0.25, 0.3) is 0 Å². The van der Waals surface area contributed by atoms with Crippen molar-refractivity contribution in [3.05, 3.63) is 72.1 Å². The lowest BCUT2D eigenvalue weighted by Crippen LogP contribution is -2.25. The van der Waals surface area contributed by atoms with Gasteiger partial charge in [-0.25, -0.2) is 23.1 Å². The van der Waals surface area contributed by atoms with E-state index in [2.05, 4.69) is 34.2 Å². The first-order valence-electron chi connectivity index (χ1n) is 13.4. The SMILES string of the molecule is COCCc1nc2c(N)nc3ccccc3c2n1CCCCNS(=O)(=O)c1cccc2c(C(C)C)cccc12. The van der Waals surface area contributed by atoms with E-state index < -0.39 is 10.0 Å². The van der Waals surface area contributed by atoms with Crippen LogP contribution in [0.25, 0.3) is 32.7 Å². The Bertz CT molecular complexity index is 1740. The Hall–Kier alpha value is -3.53. The van der Waals surface area contributed by atoms with Gasteiger partial charge in [-0.3, -0.25) is 0 Å². The second kappa shape index (κ2) is 11.3. The highest BCUT2D eigenvalue weighted by molar-refractivity contribution is 7.89. The molecule has 0 amide bonds. The van der Waals surface area contributed by atoms with Gasteiger partial charge in [0.05, 0.1) is 22.5 Å². The van der Waals surface area contributed by atoms with E-state index in [1.807, 2.05) is 48.5 Å². The van der Waals surface area contributed by atoms with Crippen LogP contribution in [0.1, 0.15) is 44.0 Å². The standard InChI is InChI=1S/C30H35N5O3S/c1-20(2)21-11-8-13-23-22(21)12-9-15-26(23)39(36,37)32-17-6-7-18-35-27(16-19-38-3)34-28-29(35)24-10-4-5-14-25(24)33-30(28)31/h4-5,8-15,20,32H,6-7,16-19H2,1-3H3,(H2,31,33). The van der Waals surface area contributed by atoms with Crippen LogP contribution in [-0.2, 0) is 27.7 Å². The lowest BCUT2D eigenvalue weighted by Gasteiger charge is -2.14. The largest absolute Gasteiger partial charge is 0.384 e. The molecule has 0 saturated carbocycles. The predicted octanol–water partition coefficient (Wildman–Crippen LogP) is 5.39. The summed E-state index contributed by atoms with van der Waals surface area (Å²) in [5.74, 6) is 1.59. The van der Waals surface area contributed by atoms with Crippen molar-refractivity contribution in [1.82, 2.24) is 19.3 Å². The number of methoxy groups -OCH3 is 1. The number of nitrogens with one attached hydrogen (secondary N) is 1. The Kier molecular flexibility index (Phi) is 7.83. The monoisotopic (exact) mass is 545 g/mol. The number of hydrogen-bond donors (Lipinski definition) is 2. The summed E-state index contributed by atoms with van der Waals surface area (Å²) in [5, 5.41) is 2.73. The number of para-hydroxylation sites is 1. The first-order chi connectivity index (χ1) is 18.8. The van der Waals surface area contributed by atoms with Crippen molar-refractivity contribution in [2.45, 2.75) is 50.5 Å². The minimum Gasteiger partial charge on any atom is -0.384 e. The number of rotatable bonds is 11. The molecule has 5 aromatic rings. The Balaban J connectivity index is 1.34. The van der Waals surface area contributed by atoms with Crippen LogP contribution in [0.2, 0.25) is 0 Å². The third-order valence-electron chi connectivity index (χ3n) is 7.15. The van der Waals surface area contributed by atoms with E-state index in [4.69, 9.17) is 15.5 Å². The summed E-state index contributed by atoms with van der Waals surface area (Å²) in [7, 11) is -1.99. The van der Waals surface area contributed by atoms with E-state index in [1.165, 1.54) is 0 Å². The van der Waals surface area contributed by atoms with Crippen LogP contribution in [0.15, 0.2) is 65.6 Å². The van der Waals surface area contributed by atoms with Crippen LogP contribution in [0.5, 0.6) is 0 Å². The van der Waals surface area contributed by atoms with Crippen LogP contribution in [0, 0.1) is 0 Å². The predicted molar refractivity (Wildman–Crippen MR) is 157 cm³/mol. The number of ether oxygens (including phenoxy) is 1. The molecule has 2 heterocycles. The van der Waals surface area contributed by atoms with Crippen molar-refractivity contribution in [2.75, 3.05) is 26.0 Å². The lowest BCUT2D eigenvalue weighted by molar-refractivity contribution is 0.199. The van der Waals surface area contributed by atoms with E-state index in [0.29, 0.717) is 54.7 Å². The maximum atomic E-state index is 13.3. The fourth-order valence-corrected chi connectivity index (χ4v) is 6.55. The minimum absolute atomic E-state index is 0.302. The average molecular weight is 546 g/mol. The smallest absolute Gasteiger partial charge is 0.241 e. The molecule has 3 N–H and O–H groups in total. The van der Waals surface area contributed by atoms with Crippen molar-refractivity contribution >= 4 is 48.5 Å². The molecule has 2 aromatic heterocycles. The fourth-order valence-electron chi connectivity index (χ4n) is 5.25. The molecule has 0 spiro atoms. The van der Waals surface area contributed by atoms with Crippen LogP contribution >= 0.6 is 0 Å². The molecule has 0 aliphatic carbocycles. The molecule has 0 radical (unpaired) electrons. The first-order valence-corrected chi connectivity index (χ1v) is 14.8. The highest BCUT2D eigenvalue weighted by Crippen LogP contribution is 2.31. The molecule has 0 saturated heterocycles. The molecule has 0 bridgehead atoms. The Morgan fingerprint density at radius 3 is 2.49 bits per heavy atom. The van der Waals surface area contributed by atoms with Gasteiger partial charge in [0.1, 0.15) is 11.3 Å². The quantitative estimate of drug-likeness (QED) is 0.215. The highest BCUT2D eigenvalue weighted by atomic mass is 32.2. The van der Waals surface area contributed by atoms with Crippen molar-refractivity contribution in [2.24, 2.45) is 0 Å². The molecule has 0 fully saturated rings. The number of imidazole rings is 1. The summed E-state index contributed by atoms with van der Waals surface area (Å²) >= 11 is 0. The second-order valence-electron chi connectivity index (χ2n) is 10.1. The van der Waals surface area contributed by atoms with Gasteiger partial charge in [0.2, 0.25) is 10.0 Å². The molecule has 0 atom stereocenters. The number of aryl methyl sites for hydroxylation is 1. The number of unbranched alkanes of at least 4 members (excludes halogenated alkanes) is 1. The molecule has 9 heteroatoms.